The summed E-state index contributed by atoms with van der Waals surface area (Å²) in [4.78, 5) is 20.3. The molecule has 0 bridgehead atoms. The Kier molecular flexibility index (Phi) is 21.8. The van der Waals surface area contributed by atoms with E-state index in [4.69, 9.17) is 14.2 Å². The monoisotopic (exact) mass is 772 g/mol. The van der Waals surface area contributed by atoms with Crippen molar-refractivity contribution in [1.29, 1.82) is 0 Å². The van der Waals surface area contributed by atoms with Gasteiger partial charge in [-0.2, -0.15) is 0 Å². The normalized spacial score (nSPS) is 16.9. The second kappa shape index (κ2) is 27.1. The molecular formula is C46H69N5O5. The highest BCUT2D eigenvalue weighted by Crippen LogP contribution is 2.35. The molecule has 1 fully saturated rings. The molecule has 1 atom stereocenters. The van der Waals surface area contributed by atoms with Crippen LogP contribution in [0.1, 0.15) is 63.1 Å². The van der Waals surface area contributed by atoms with Crippen molar-refractivity contribution in [3.63, 3.8) is 0 Å². The van der Waals surface area contributed by atoms with Crippen LogP contribution in [0.3, 0.4) is 0 Å². The van der Waals surface area contributed by atoms with E-state index < -0.39 is 6.10 Å². The molecular weight excluding hydrogens is 703 g/mol. The minimum absolute atomic E-state index is 0.285. The Balaban J connectivity index is 1.40. The maximum atomic E-state index is 11.2. The molecule has 0 aliphatic carbocycles. The molecule has 1 heterocycles. The Bertz CT molecular complexity index is 1490. The van der Waals surface area contributed by atoms with Gasteiger partial charge in [-0.15, -0.1) is 0 Å². The summed E-state index contributed by atoms with van der Waals surface area (Å²) in [6, 6.07) is 29.8. The number of aliphatic hydroxyl groups excluding tert-OH is 1. The van der Waals surface area contributed by atoms with Crippen molar-refractivity contribution in [3.05, 3.63) is 102 Å². The number of nitrogens with one attached hydrogen (secondary N) is 1. The molecule has 4 rings (SSSR count). The van der Waals surface area contributed by atoms with Crippen molar-refractivity contribution >= 4 is 17.6 Å². The Hall–Kier alpha value is -3.61. The van der Waals surface area contributed by atoms with Crippen molar-refractivity contribution < 1.29 is 24.1 Å². The van der Waals surface area contributed by atoms with Crippen molar-refractivity contribution in [2.75, 3.05) is 112 Å². The van der Waals surface area contributed by atoms with Gasteiger partial charge in [-0.25, -0.2) is 0 Å². The van der Waals surface area contributed by atoms with Crippen molar-refractivity contribution in [2.24, 2.45) is 0 Å². The van der Waals surface area contributed by atoms with Gasteiger partial charge in [0.05, 0.1) is 12.7 Å². The highest BCUT2D eigenvalue weighted by atomic mass is 16.5. The summed E-state index contributed by atoms with van der Waals surface area (Å²) in [5.41, 5.74) is 5.98. The Labute approximate surface area is 337 Å². The number of carbonyl (C=O) groups excluding carboxylic acids is 1. The number of carbonyl (C=O) groups is 1. The molecule has 1 aliphatic rings. The molecule has 0 radical (unpaired) electrons. The zero-order valence-electron chi connectivity index (χ0n) is 34.5. The van der Waals surface area contributed by atoms with E-state index in [1.807, 2.05) is 0 Å². The second-order valence-corrected chi connectivity index (χ2v) is 14.5. The highest BCUT2D eigenvalue weighted by Gasteiger charge is 2.17. The predicted molar refractivity (Wildman–Crippen MR) is 229 cm³/mol. The van der Waals surface area contributed by atoms with E-state index in [1.54, 1.807) is 0 Å². The molecule has 1 unspecified atom stereocenters. The number of hydrogen-bond donors (Lipinski definition) is 2. The summed E-state index contributed by atoms with van der Waals surface area (Å²) in [6.07, 6.45) is 3.04. The van der Waals surface area contributed by atoms with Gasteiger partial charge < -0.3 is 34.4 Å². The quantitative estimate of drug-likeness (QED) is 0.0769. The standard InChI is InChI=1S/C46H69N5O5/c1-4-48(5-2)33-35-56-44-23-21-42(22-24-44)46(41-18-11-8-12-19-41)45(40-16-9-7-10-17-40)20-13-34-54-37-43(53)36-50-29-15-28-49(6-3)30-26-47-25-14-27-51(32-31-50)38-55-39-52/h7-12,16-19,21-24,39,43,47,53H,4-6,13-15,20,25-38H2,1-3H3/b46-45-. The van der Waals surface area contributed by atoms with E-state index in [-0.39, 0.29) is 13.3 Å². The van der Waals surface area contributed by atoms with Crippen molar-refractivity contribution in [3.8, 4) is 5.75 Å². The van der Waals surface area contributed by atoms with Gasteiger partial charge in [0.2, 0.25) is 0 Å². The number of benzene rings is 3. The van der Waals surface area contributed by atoms with E-state index in [0.717, 1.165) is 116 Å². The summed E-state index contributed by atoms with van der Waals surface area (Å²) in [6.45, 7) is 20.7. The average molecular weight is 772 g/mol. The largest absolute Gasteiger partial charge is 0.492 e. The van der Waals surface area contributed by atoms with Crippen LogP contribution in [0.2, 0.25) is 0 Å². The number of allylic oxidation sites excluding steroid dienone is 1. The fraction of sp³-hybridized carbons (Fsp3) is 0.543. The predicted octanol–water partition coefficient (Wildman–Crippen LogP) is 5.96. The summed E-state index contributed by atoms with van der Waals surface area (Å²) in [7, 11) is 0. The van der Waals surface area contributed by atoms with E-state index in [2.05, 4.69) is 131 Å². The van der Waals surface area contributed by atoms with E-state index in [0.29, 0.717) is 26.2 Å². The minimum Gasteiger partial charge on any atom is -0.492 e. The molecule has 3 aromatic carbocycles. The lowest BCUT2D eigenvalue weighted by molar-refractivity contribution is -0.133. The fourth-order valence-corrected chi connectivity index (χ4v) is 7.33. The van der Waals surface area contributed by atoms with Crippen LogP contribution in [0.15, 0.2) is 84.9 Å². The Morgan fingerprint density at radius 1 is 0.768 bits per heavy atom. The van der Waals surface area contributed by atoms with Crippen LogP contribution in [-0.4, -0.2) is 149 Å². The first-order valence-electron chi connectivity index (χ1n) is 21.0. The second-order valence-electron chi connectivity index (χ2n) is 14.5. The topological polar surface area (TPSA) is 90.0 Å². The summed E-state index contributed by atoms with van der Waals surface area (Å²) < 4.78 is 17.4. The van der Waals surface area contributed by atoms with E-state index in [9.17, 15) is 9.90 Å². The minimum atomic E-state index is -0.600. The van der Waals surface area contributed by atoms with Crippen LogP contribution < -0.4 is 10.1 Å². The smallest absolute Gasteiger partial charge is 0.294 e. The van der Waals surface area contributed by atoms with E-state index in [1.165, 1.54) is 22.3 Å². The molecule has 1 aliphatic heterocycles. The van der Waals surface area contributed by atoms with Gasteiger partial charge in [-0.05, 0) is 105 Å². The van der Waals surface area contributed by atoms with Crippen molar-refractivity contribution in [2.45, 2.75) is 52.6 Å². The van der Waals surface area contributed by atoms with Gasteiger partial charge in [0.25, 0.3) is 6.47 Å². The lowest BCUT2D eigenvalue weighted by Gasteiger charge is -2.30. The molecule has 0 saturated carbocycles. The molecule has 0 spiro atoms. The third-order valence-corrected chi connectivity index (χ3v) is 10.6. The molecule has 10 heteroatoms. The number of β-amino-alcohol motifs (C(OH)–C–C–N with tert-alkyl or cyclic N) is 1. The van der Waals surface area contributed by atoms with Crippen LogP contribution in [0.5, 0.6) is 5.75 Å². The number of nitrogens with zero attached hydrogens (tertiary/aromatic N) is 4. The maximum Gasteiger partial charge on any atom is 0.294 e. The first kappa shape index (κ1) is 45.1. The fourth-order valence-electron chi connectivity index (χ4n) is 7.33. The van der Waals surface area contributed by atoms with Gasteiger partial charge in [0.15, 0.2) is 0 Å². The third-order valence-electron chi connectivity index (χ3n) is 10.6. The number of ether oxygens (including phenoxy) is 3. The van der Waals surface area contributed by atoms with Crippen molar-refractivity contribution in [1.82, 2.24) is 24.9 Å². The van der Waals surface area contributed by atoms with Crippen LogP contribution in [0, 0.1) is 0 Å². The molecule has 10 nitrogen and oxygen atoms in total. The molecule has 0 amide bonds. The first-order valence-corrected chi connectivity index (χ1v) is 21.0. The molecule has 56 heavy (non-hydrogen) atoms. The molecule has 1 saturated heterocycles. The lowest BCUT2D eigenvalue weighted by Crippen LogP contribution is -2.43. The van der Waals surface area contributed by atoms with Gasteiger partial charge in [-0.1, -0.05) is 93.6 Å². The maximum absolute atomic E-state index is 11.2. The van der Waals surface area contributed by atoms with Crippen LogP contribution >= 0.6 is 0 Å². The number of likely N-dealkylation sites (N-methyl/N-ethyl adjacent to an activating group) is 2. The molecule has 0 aromatic heterocycles. The SMILES string of the molecule is CCN(CC)CCOc1ccc(/C(=C(/CCCOCC(O)CN2CCCN(CC)CCNCCCN(COC=O)CC2)c2ccccc2)c2ccccc2)cc1. The zero-order chi connectivity index (χ0) is 39.6. The van der Waals surface area contributed by atoms with Gasteiger partial charge in [0.1, 0.15) is 19.1 Å². The summed E-state index contributed by atoms with van der Waals surface area (Å²) in [5, 5.41) is 14.7. The highest BCUT2D eigenvalue weighted by molar-refractivity contribution is 5.98. The van der Waals surface area contributed by atoms with Crippen LogP contribution in [0.4, 0.5) is 0 Å². The number of rotatable bonds is 21. The van der Waals surface area contributed by atoms with Gasteiger partial charge in [0, 0.05) is 52.4 Å². The zero-order valence-corrected chi connectivity index (χ0v) is 34.5. The van der Waals surface area contributed by atoms with Gasteiger partial charge >= 0.3 is 0 Å². The average Bonchev–Trinajstić information content (AvgIpc) is 3.23. The van der Waals surface area contributed by atoms with Crippen LogP contribution in [-0.2, 0) is 14.3 Å². The molecule has 3 aromatic rings. The Morgan fingerprint density at radius 3 is 2.12 bits per heavy atom. The van der Waals surface area contributed by atoms with E-state index >= 15 is 0 Å². The number of aliphatic hydroxyl groups is 1. The molecule has 2 N–H and O–H groups in total. The van der Waals surface area contributed by atoms with Gasteiger partial charge in [-0.3, -0.25) is 14.6 Å². The molecule has 308 valence electrons. The first-order chi connectivity index (χ1) is 27.5. The Morgan fingerprint density at radius 2 is 1.43 bits per heavy atom. The van der Waals surface area contributed by atoms with Crippen LogP contribution in [0.25, 0.3) is 11.1 Å². The summed E-state index contributed by atoms with van der Waals surface area (Å²) in [5.74, 6) is 0.879. The lowest BCUT2D eigenvalue weighted by atomic mass is 9.87. The number of hydrogen-bond acceptors (Lipinski definition) is 10. The third kappa shape index (κ3) is 16.5. The summed E-state index contributed by atoms with van der Waals surface area (Å²) >= 11 is 0.